The van der Waals surface area contributed by atoms with Gasteiger partial charge in [-0.3, -0.25) is 4.79 Å². The molecule has 0 atom stereocenters. The van der Waals surface area contributed by atoms with Gasteiger partial charge in [-0.25, -0.2) is 0 Å². The lowest BCUT2D eigenvalue weighted by molar-refractivity contribution is -0.115. The molecule has 0 aliphatic carbocycles. The summed E-state index contributed by atoms with van der Waals surface area (Å²) in [4.78, 5) is 13.9. The van der Waals surface area contributed by atoms with Gasteiger partial charge in [-0.2, -0.15) is 0 Å². The molecule has 2 heteroatoms. The van der Waals surface area contributed by atoms with Crippen LogP contribution in [0.2, 0.25) is 0 Å². The number of Topliss-reactive ketones (excluding diaryl/α,β-unsaturated/α-hetero) is 1. The summed E-state index contributed by atoms with van der Waals surface area (Å²) in [6.45, 7) is 3.97. The van der Waals surface area contributed by atoms with Gasteiger partial charge < -0.3 is 4.90 Å². The Hall–Kier alpha value is -0.890. The van der Waals surface area contributed by atoms with E-state index in [1.54, 1.807) is 0 Å². The molecular weight excluding hydrogens is 174 g/mol. The number of hydrogen-bond acceptors (Lipinski definition) is 2. The molecule has 78 valence electrons. The summed E-state index contributed by atoms with van der Waals surface area (Å²) in [5, 5.41) is 0. The molecule has 1 aliphatic heterocycles. The Bertz CT molecular complexity index is 253. The minimum atomic E-state index is 0.279. The third kappa shape index (κ3) is 3.46. The Morgan fingerprint density at radius 1 is 1.57 bits per heavy atom. The van der Waals surface area contributed by atoms with Gasteiger partial charge in [0.1, 0.15) is 0 Å². The van der Waals surface area contributed by atoms with Gasteiger partial charge in [0.15, 0.2) is 5.78 Å². The minimum absolute atomic E-state index is 0.279. The molecule has 0 amide bonds. The topological polar surface area (TPSA) is 20.3 Å². The first-order chi connectivity index (χ1) is 6.74. The lowest BCUT2D eigenvalue weighted by Gasteiger charge is -2.21. The SMILES string of the molecule is CCC=CCC(=O)C1=CCCN(C)C1. The third-order valence-corrected chi connectivity index (χ3v) is 2.41. The zero-order valence-electron chi connectivity index (χ0n) is 9.12. The van der Waals surface area contributed by atoms with Crippen LogP contribution in [0.15, 0.2) is 23.8 Å². The predicted molar refractivity (Wildman–Crippen MR) is 59.3 cm³/mol. The molecule has 0 fully saturated rings. The second kappa shape index (κ2) is 5.76. The highest BCUT2D eigenvalue weighted by atomic mass is 16.1. The number of hydrogen-bond donors (Lipinski definition) is 0. The normalized spacial score (nSPS) is 18.6. The molecule has 0 saturated carbocycles. The molecule has 0 aromatic rings. The van der Waals surface area contributed by atoms with E-state index in [2.05, 4.69) is 24.9 Å². The van der Waals surface area contributed by atoms with Gasteiger partial charge in [0.25, 0.3) is 0 Å². The van der Waals surface area contributed by atoms with Crippen LogP contribution in [-0.4, -0.2) is 30.8 Å². The second-order valence-electron chi connectivity index (χ2n) is 3.76. The largest absolute Gasteiger partial charge is 0.302 e. The molecule has 0 aromatic heterocycles. The summed E-state index contributed by atoms with van der Waals surface area (Å²) in [6, 6.07) is 0. The van der Waals surface area contributed by atoms with Gasteiger partial charge in [-0.1, -0.05) is 25.2 Å². The number of carbonyl (C=O) groups is 1. The smallest absolute Gasteiger partial charge is 0.163 e. The maximum absolute atomic E-state index is 11.7. The van der Waals surface area contributed by atoms with E-state index >= 15 is 0 Å². The van der Waals surface area contributed by atoms with E-state index in [1.165, 1.54) is 0 Å². The Labute approximate surface area is 86.3 Å². The standard InChI is InChI=1S/C12H19NO/c1-3-4-5-8-12(14)11-7-6-9-13(2)10-11/h4-5,7H,3,6,8-10H2,1-2H3. The monoisotopic (exact) mass is 193 g/mol. The fourth-order valence-electron chi connectivity index (χ4n) is 1.58. The molecule has 0 saturated heterocycles. The average Bonchev–Trinajstić information content (AvgIpc) is 2.18. The zero-order chi connectivity index (χ0) is 10.4. The highest BCUT2D eigenvalue weighted by Crippen LogP contribution is 2.10. The van der Waals surface area contributed by atoms with Crippen LogP contribution in [0, 0.1) is 0 Å². The molecule has 0 N–H and O–H groups in total. The first kappa shape index (κ1) is 11.2. The molecule has 0 bridgehead atoms. The average molecular weight is 193 g/mol. The van der Waals surface area contributed by atoms with E-state index in [-0.39, 0.29) is 5.78 Å². The molecule has 2 nitrogen and oxygen atoms in total. The first-order valence-corrected chi connectivity index (χ1v) is 5.29. The van der Waals surface area contributed by atoms with Crippen molar-refractivity contribution in [3.05, 3.63) is 23.8 Å². The van der Waals surface area contributed by atoms with Gasteiger partial charge in [-0.05, 0) is 19.9 Å². The molecule has 1 aliphatic rings. The number of likely N-dealkylation sites (N-methyl/N-ethyl adjacent to an activating group) is 1. The van der Waals surface area contributed by atoms with Gasteiger partial charge >= 0.3 is 0 Å². The Kier molecular flexibility index (Phi) is 4.60. The van der Waals surface area contributed by atoms with Crippen molar-refractivity contribution in [1.82, 2.24) is 4.90 Å². The van der Waals surface area contributed by atoms with Crippen molar-refractivity contribution in [2.75, 3.05) is 20.1 Å². The fourth-order valence-corrected chi connectivity index (χ4v) is 1.58. The highest BCUT2D eigenvalue weighted by molar-refractivity contribution is 5.96. The van der Waals surface area contributed by atoms with E-state index < -0.39 is 0 Å². The Morgan fingerprint density at radius 3 is 3.00 bits per heavy atom. The van der Waals surface area contributed by atoms with Crippen molar-refractivity contribution in [2.24, 2.45) is 0 Å². The first-order valence-electron chi connectivity index (χ1n) is 5.29. The van der Waals surface area contributed by atoms with Crippen LogP contribution in [-0.2, 0) is 4.79 Å². The van der Waals surface area contributed by atoms with Crippen LogP contribution in [0.5, 0.6) is 0 Å². The van der Waals surface area contributed by atoms with Crippen LogP contribution in [0.4, 0.5) is 0 Å². The van der Waals surface area contributed by atoms with Crippen LogP contribution in [0.3, 0.4) is 0 Å². The summed E-state index contributed by atoms with van der Waals surface area (Å²) in [6.07, 6.45) is 8.68. The van der Waals surface area contributed by atoms with Gasteiger partial charge in [0, 0.05) is 25.1 Å². The second-order valence-corrected chi connectivity index (χ2v) is 3.76. The van der Waals surface area contributed by atoms with Crippen molar-refractivity contribution < 1.29 is 4.79 Å². The van der Waals surface area contributed by atoms with Crippen LogP contribution < -0.4 is 0 Å². The van der Waals surface area contributed by atoms with E-state index in [4.69, 9.17) is 0 Å². The van der Waals surface area contributed by atoms with Gasteiger partial charge in [-0.15, -0.1) is 0 Å². The number of allylic oxidation sites excluding steroid dienone is 2. The molecule has 0 radical (unpaired) electrons. The summed E-state index contributed by atoms with van der Waals surface area (Å²) < 4.78 is 0. The molecule has 0 unspecified atom stereocenters. The summed E-state index contributed by atoms with van der Waals surface area (Å²) in [7, 11) is 2.06. The molecule has 14 heavy (non-hydrogen) atoms. The number of carbonyl (C=O) groups excluding carboxylic acids is 1. The van der Waals surface area contributed by atoms with Gasteiger partial charge in [0.05, 0.1) is 0 Å². The Morgan fingerprint density at radius 2 is 2.36 bits per heavy atom. The van der Waals surface area contributed by atoms with E-state index in [9.17, 15) is 4.79 Å². The van der Waals surface area contributed by atoms with Crippen LogP contribution in [0.1, 0.15) is 26.2 Å². The summed E-state index contributed by atoms with van der Waals surface area (Å²) in [5.74, 6) is 0.279. The third-order valence-electron chi connectivity index (χ3n) is 2.41. The Balaban J connectivity index is 2.44. The van der Waals surface area contributed by atoms with Crippen LogP contribution in [0.25, 0.3) is 0 Å². The van der Waals surface area contributed by atoms with Crippen molar-refractivity contribution in [1.29, 1.82) is 0 Å². The van der Waals surface area contributed by atoms with Crippen molar-refractivity contribution in [3.63, 3.8) is 0 Å². The molecule has 1 rings (SSSR count). The quantitative estimate of drug-likeness (QED) is 0.638. The van der Waals surface area contributed by atoms with Crippen molar-refractivity contribution >= 4 is 5.78 Å². The number of rotatable bonds is 4. The summed E-state index contributed by atoms with van der Waals surface area (Å²) >= 11 is 0. The number of ketones is 1. The van der Waals surface area contributed by atoms with E-state index in [0.29, 0.717) is 6.42 Å². The lowest BCUT2D eigenvalue weighted by Crippen LogP contribution is -2.28. The van der Waals surface area contributed by atoms with Gasteiger partial charge in [0.2, 0.25) is 0 Å². The van der Waals surface area contributed by atoms with Crippen molar-refractivity contribution in [3.8, 4) is 0 Å². The predicted octanol–water partition coefficient (Wildman–Crippen LogP) is 2.17. The number of nitrogens with zero attached hydrogens (tertiary/aromatic N) is 1. The van der Waals surface area contributed by atoms with E-state index in [1.807, 2.05) is 12.2 Å². The maximum Gasteiger partial charge on any atom is 0.163 e. The summed E-state index contributed by atoms with van der Waals surface area (Å²) in [5.41, 5.74) is 0.986. The molecular formula is C12H19NO. The molecule has 0 spiro atoms. The fraction of sp³-hybridized carbons (Fsp3) is 0.583. The van der Waals surface area contributed by atoms with Crippen LogP contribution >= 0.6 is 0 Å². The highest BCUT2D eigenvalue weighted by Gasteiger charge is 2.13. The molecule has 1 heterocycles. The maximum atomic E-state index is 11.7. The lowest BCUT2D eigenvalue weighted by atomic mass is 10.0. The minimum Gasteiger partial charge on any atom is -0.302 e. The molecule has 0 aromatic carbocycles. The zero-order valence-corrected chi connectivity index (χ0v) is 9.12. The van der Waals surface area contributed by atoms with Crippen molar-refractivity contribution in [2.45, 2.75) is 26.2 Å². The van der Waals surface area contributed by atoms with E-state index in [0.717, 1.165) is 31.5 Å².